The number of nitrogens with zero attached hydrogens (tertiary/aromatic N) is 1. The molecule has 0 aliphatic carbocycles. The molecule has 0 unspecified atom stereocenters. The molecule has 0 aliphatic heterocycles. The van der Waals surface area contributed by atoms with Crippen LogP contribution in [0.3, 0.4) is 0 Å². The van der Waals surface area contributed by atoms with Crippen molar-refractivity contribution in [3.8, 4) is 0 Å². The van der Waals surface area contributed by atoms with Gasteiger partial charge in [-0.3, -0.25) is 0 Å². The zero-order chi connectivity index (χ0) is 13.3. The minimum absolute atomic E-state index is 0.305. The van der Waals surface area contributed by atoms with Crippen molar-refractivity contribution in [3.05, 3.63) is 0 Å². The Hall–Kier alpha value is -0.120. The molecule has 2 N–H and O–H groups in total. The second-order valence-corrected chi connectivity index (χ2v) is 6.05. The first-order chi connectivity index (χ1) is 7.87. The van der Waals surface area contributed by atoms with Crippen LogP contribution in [0.1, 0.15) is 47.0 Å². The van der Waals surface area contributed by atoms with E-state index in [2.05, 4.69) is 39.6 Å². The Morgan fingerprint density at radius 2 is 1.82 bits per heavy atom. The smallest absolute Gasteiger partial charge is 0.0596 e. The highest BCUT2D eigenvalue weighted by atomic mass is 16.5. The van der Waals surface area contributed by atoms with Crippen molar-refractivity contribution in [2.45, 2.75) is 53.1 Å². The van der Waals surface area contributed by atoms with E-state index in [4.69, 9.17) is 10.5 Å². The van der Waals surface area contributed by atoms with Gasteiger partial charge in [-0.05, 0) is 52.2 Å². The Kier molecular flexibility index (Phi) is 8.83. The summed E-state index contributed by atoms with van der Waals surface area (Å²) in [7, 11) is 2.16. The van der Waals surface area contributed by atoms with Crippen molar-refractivity contribution in [1.29, 1.82) is 0 Å². The Labute approximate surface area is 108 Å². The van der Waals surface area contributed by atoms with Crippen LogP contribution in [0.2, 0.25) is 0 Å². The van der Waals surface area contributed by atoms with Crippen molar-refractivity contribution in [2.24, 2.45) is 11.1 Å². The molecule has 0 amide bonds. The van der Waals surface area contributed by atoms with Gasteiger partial charge in [-0.15, -0.1) is 0 Å². The summed E-state index contributed by atoms with van der Waals surface area (Å²) in [6, 6.07) is 0. The third-order valence-corrected chi connectivity index (χ3v) is 3.12. The molecule has 17 heavy (non-hydrogen) atoms. The van der Waals surface area contributed by atoms with Crippen LogP contribution in [-0.4, -0.2) is 44.3 Å². The molecule has 0 aromatic carbocycles. The van der Waals surface area contributed by atoms with Gasteiger partial charge in [0, 0.05) is 6.54 Å². The van der Waals surface area contributed by atoms with Crippen molar-refractivity contribution in [2.75, 3.05) is 33.3 Å². The maximum absolute atomic E-state index is 5.72. The highest BCUT2D eigenvalue weighted by Crippen LogP contribution is 2.21. The number of rotatable bonds is 10. The summed E-state index contributed by atoms with van der Waals surface area (Å²) >= 11 is 0. The van der Waals surface area contributed by atoms with Crippen molar-refractivity contribution < 1.29 is 4.74 Å². The van der Waals surface area contributed by atoms with Crippen LogP contribution in [0, 0.1) is 5.41 Å². The fourth-order valence-electron chi connectivity index (χ4n) is 1.64. The molecule has 0 aliphatic rings. The summed E-state index contributed by atoms with van der Waals surface area (Å²) in [6.45, 7) is 12.4. The molecule has 0 fully saturated rings. The van der Waals surface area contributed by atoms with Crippen LogP contribution < -0.4 is 5.73 Å². The van der Waals surface area contributed by atoms with Gasteiger partial charge in [0.1, 0.15) is 0 Å². The monoisotopic (exact) mass is 244 g/mol. The maximum Gasteiger partial charge on any atom is 0.0596 e. The highest BCUT2D eigenvalue weighted by molar-refractivity contribution is 4.69. The normalized spacial score (nSPS) is 12.7. The maximum atomic E-state index is 5.72. The van der Waals surface area contributed by atoms with Crippen LogP contribution in [0.15, 0.2) is 0 Å². The van der Waals surface area contributed by atoms with Crippen molar-refractivity contribution in [1.82, 2.24) is 4.90 Å². The average molecular weight is 244 g/mol. The number of unbranched alkanes of at least 4 members (excludes halogenated alkanes) is 1. The SMILES string of the molecule is CC(C)OCCN(C)CCCCC(C)(C)CN. The molecule has 3 heteroatoms. The molecule has 0 saturated carbocycles. The molecule has 0 aromatic rings. The summed E-state index contributed by atoms with van der Waals surface area (Å²) in [5.41, 5.74) is 6.02. The van der Waals surface area contributed by atoms with Crippen LogP contribution in [0.4, 0.5) is 0 Å². The largest absolute Gasteiger partial charge is 0.377 e. The molecule has 0 saturated heterocycles. The third-order valence-electron chi connectivity index (χ3n) is 3.12. The standard InChI is InChI=1S/C14H32N2O/c1-13(2)17-11-10-16(5)9-7-6-8-14(3,4)12-15/h13H,6-12,15H2,1-5H3. The summed E-state index contributed by atoms with van der Waals surface area (Å²) in [4.78, 5) is 2.35. The van der Waals surface area contributed by atoms with Crippen LogP contribution in [0.25, 0.3) is 0 Å². The molecule has 0 heterocycles. The lowest BCUT2D eigenvalue weighted by Crippen LogP contribution is -2.26. The number of nitrogens with two attached hydrogens (primary N) is 1. The molecule has 0 radical (unpaired) electrons. The van der Waals surface area contributed by atoms with Crippen LogP contribution in [-0.2, 0) is 4.74 Å². The van der Waals surface area contributed by atoms with E-state index in [0.717, 1.165) is 26.2 Å². The molecule has 0 spiro atoms. The van der Waals surface area contributed by atoms with E-state index >= 15 is 0 Å². The van der Waals surface area contributed by atoms with Gasteiger partial charge in [0.25, 0.3) is 0 Å². The van der Waals surface area contributed by atoms with E-state index < -0.39 is 0 Å². The second-order valence-electron chi connectivity index (χ2n) is 6.05. The Balaban J connectivity index is 3.42. The summed E-state index contributed by atoms with van der Waals surface area (Å²) in [5.74, 6) is 0. The molecule has 0 aromatic heterocycles. The molecule has 3 nitrogen and oxygen atoms in total. The second kappa shape index (κ2) is 8.90. The van der Waals surface area contributed by atoms with E-state index in [0.29, 0.717) is 11.5 Å². The van der Waals surface area contributed by atoms with E-state index in [-0.39, 0.29) is 0 Å². The van der Waals surface area contributed by atoms with Gasteiger partial charge in [0.2, 0.25) is 0 Å². The van der Waals surface area contributed by atoms with Gasteiger partial charge < -0.3 is 15.4 Å². The minimum Gasteiger partial charge on any atom is -0.377 e. The van der Waals surface area contributed by atoms with Crippen LogP contribution in [0.5, 0.6) is 0 Å². The van der Waals surface area contributed by atoms with Crippen LogP contribution >= 0.6 is 0 Å². The molecule has 104 valence electrons. The fourth-order valence-corrected chi connectivity index (χ4v) is 1.64. The van der Waals surface area contributed by atoms with Crippen molar-refractivity contribution >= 4 is 0 Å². The minimum atomic E-state index is 0.305. The zero-order valence-corrected chi connectivity index (χ0v) is 12.5. The van der Waals surface area contributed by atoms with Gasteiger partial charge in [0.15, 0.2) is 0 Å². The lowest BCUT2D eigenvalue weighted by Gasteiger charge is -2.23. The Bertz CT molecular complexity index is 181. The topological polar surface area (TPSA) is 38.5 Å². The number of ether oxygens (including phenoxy) is 1. The van der Waals surface area contributed by atoms with Gasteiger partial charge >= 0.3 is 0 Å². The van der Waals surface area contributed by atoms with E-state index in [1.54, 1.807) is 0 Å². The molecule has 0 atom stereocenters. The Morgan fingerprint density at radius 1 is 1.18 bits per heavy atom. The number of hydrogen-bond acceptors (Lipinski definition) is 3. The van der Waals surface area contributed by atoms with Gasteiger partial charge in [-0.2, -0.15) is 0 Å². The number of likely N-dealkylation sites (N-methyl/N-ethyl adjacent to an activating group) is 1. The third kappa shape index (κ3) is 10.7. The molecular weight excluding hydrogens is 212 g/mol. The first-order valence-electron chi connectivity index (χ1n) is 6.87. The van der Waals surface area contributed by atoms with Gasteiger partial charge in [0.05, 0.1) is 12.7 Å². The average Bonchev–Trinajstić information content (AvgIpc) is 2.24. The predicted octanol–water partition coefficient (Wildman–Crippen LogP) is 2.50. The highest BCUT2D eigenvalue weighted by Gasteiger charge is 2.14. The molecule has 0 rings (SSSR count). The lowest BCUT2D eigenvalue weighted by atomic mass is 9.87. The molecular formula is C14H32N2O. The van der Waals surface area contributed by atoms with Crippen molar-refractivity contribution in [3.63, 3.8) is 0 Å². The summed E-state index contributed by atoms with van der Waals surface area (Å²) < 4.78 is 5.53. The van der Waals surface area contributed by atoms with E-state index in [9.17, 15) is 0 Å². The zero-order valence-electron chi connectivity index (χ0n) is 12.5. The number of hydrogen-bond donors (Lipinski definition) is 1. The summed E-state index contributed by atoms with van der Waals surface area (Å²) in [5, 5.41) is 0. The van der Waals surface area contributed by atoms with E-state index in [1.165, 1.54) is 19.3 Å². The first-order valence-corrected chi connectivity index (χ1v) is 6.87. The van der Waals surface area contributed by atoms with E-state index in [1.807, 2.05) is 0 Å². The fraction of sp³-hybridized carbons (Fsp3) is 1.00. The predicted molar refractivity (Wildman–Crippen MR) is 75.3 cm³/mol. The first kappa shape index (κ1) is 16.9. The molecule has 0 bridgehead atoms. The van der Waals surface area contributed by atoms with Gasteiger partial charge in [-0.25, -0.2) is 0 Å². The Morgan fingerprint density at radius 3 is 2.35 bits per heavy atom. The quantitative estimate of drug-likeness (QED) is 0.600. The lowest BCUT2D eigenvalue weighted by molar-refractivity contribution is 0.0635. The van der Waals surface area contributed by atoms with Gasteiger partial charge in [-0.1, -0.05) is 20.3 Å². The summed E-state index contributed by atoms with van der Waals surface area (Å²) in [6.07, 6.45) is 4.08.